The van der Waals surface area contributed by atoms with Crippen LogP contribution in [0.3, 0.4) is 0 Å². The van der Waals surface area contributed by atoms with Gasteiger partial charge in [-0.2, -0.15) is 0 Å². The molecule has 5 heteroatoms. The molecule has 4 rings (SSSR count). The fourth-order valence-electron chi connectivity index (χ4n) is 3.15. The SMILES string of the molecule is Brc1ccc2nc(N3CCCC(N4CCC4)C3)sc2c1. The molecule has 20 heavy (non-hydrogen) atoms. The lowest BCUT2D eigenvalue weighted by molar-refractivity contribution is 0.106. The second-order valence-corrected chi connectivity index (χ2v) is 7.66. The highest BCUT2D eigenvalue weighted by Gasteiger charge is 2.29. The zero-order valence-corrected chi connectivity index (χ0v) is 13.8. The largest absolute Gasteiger partial charge is 0.346 e. The Morgan fingerprint density at radius 3 is 2.90 bits per heavy atom. The van der Waals surface area contributed by atoms with Crippen molar-refractivity contribution in [2.45, 2.75) is 25.3 Å². The molecule has 1 aromatic carbocycles. The van der Waals surface area contributed by atoms with Crippen LogP contribution in [0.1, 0.15) is 19.3 Å². The summed E-state index contributed by atoms with van der Waals surface area (Å²) < 4.78 is 2.41. The van der Waals surface area contributed by atoms with Crippen LogP contribution >= 0.6 is 27.3 Å². The third-order valence-corrected chi connectivity index (χ3v) is 5.99. The van der Waals surface area contributed by atoms with Gasteiger partial charge in [0, 0.05) is 23.6 Å². The van der Waals surface area contributed by atoms with E-state index in [9.17, 15) is 0 Å². The molecule has 0 amide bonds. The highest BCUT2D eigenvalue weighted by molar-refractivity contribution is 9.10. The lowest BCUT2D eigenvalue weighted by Gasteiger charge is -2.43. The number of thiazole rings is 1. The smallest absolute Gasteiger partial charge is 0.186 e. The predicted molar refractivity (Wildman–Crippen MR) is 88.7 cm³/mol. The number of hydrogen-bond acceptors (Lipinski definition) is 4. The second-order valence-electron chi connectivity index (χ2n) is 5.74. The predicted octanol–water partition coefficient (Wildman–Crippen LogP) is 3.73. The number of piperidine rings is 1. The Morgan fingerprint density at radius 1 is 1.20 bits per heavy atom. The Bertz CT molecular complexity index is 623. The van der Waals surface area contributed by atoms with Gasteiger partial charge in [0.2, 0.25) is 0 Å². The topological polar surface area (TPSA) is 19.4 Å². The Labute approximate surface area is 131 Å². The van der Waals surface area contributed by atoms with Gasteiger partial charge in [-0.3, -0.25) is 4.90 Å². The average Bonchev–Trinajstić information content (AvgIpc) is 2.80. The van der Waals surface area contributed by atoms with Crippen molar-refractivity contribution < 1.29 is 0 Å². The van der Waals surface area contributed by atoms with E-state index in [1.165, 1.54) is 42.2 Å². The Kier molecular flexibility index (Phi) is 3.44. The molecule has 2 saturated heterocycles. The van der Waals surface area contributed by atoms with Gasteiger partial charge in [0.25, 0.3) is 0 Å². The minimum Gasteiger partial charge on any atom is -0.346 e. The van der Waals surface area contributed by atoms with Crippen molar-refractivity contribution in [3.63, 3.8) is 0 Å². The zero-order valence-electron chi connectivity index (χ0n) is 11.4. The summed E-state index contributed by atoms with van der Waals surface area (Å²) in [5.74, 6) is 0. The fourth-order valence-corrected chi connectivity index (χ4v) is 4.71. The van der Waals surface area contributed by atoms with Crippen LogP contribution in [-0.2, 0) is 0 Å². The molecular formula is C15H18BrN3S. The molecule has 1 unspecified atom stereocenters. The fraction of sp³-hybridized carbons (Fsp3) is 0.533. The van der Waals surface area contributed by atoms with Crippen molar-refractivity contribution in [2.24, 2.45) is 0 Å². The molecule has 3 nitrogen and oxygen atoms in total. The van der Waals surface area contributed by atoms with Crippen LogP contribution in [0.25, 0.3) is 10.2 Å². The maximum absolute atomic E-state index is 4.82. The van der Waals surface area contributed by atoms with Crippen LogP contribution in [0.15, 0.2) is 22.7 Å². The van der Waals surface area contributed by atoms with Crippen LogP contribution < -0.4 is 4.90 Å². The molecule has 106 valence electrons. The Balaban J connectivity index is 1.58. The standard InChI is InChI=1S/C15H18BrN3S/c16-11-4-5-13-14(9-11)20-15(17-13)19-6-1-3-12(10-19)18-7-2-8-18/h4-5,9,12H,1-3,6-8,10H2. The minimum absolute atomic E-state index is 0.747. The van der Waals surface area contributed by atoms with Crippen LogP contribution in [0, 0.1) is 0 Å². The first-order valence-corrected chi connectivity index (χ1v) is 8.96. The molecule has 0 N–H and O–H groups in total. The highest BCUT2D eigenvalue weighted by atomic mass is 79.9. The van der Waals surface area contributed by atoms with Gasteiger partial charge in [-0.15, -0.1) is 0 Å². The lowest BCUT2D eigenvalue weighted by atomic mass is 10.0. The number of aromatic nitrogens is 1. The molecule has 1 atom stereocenters. The molecule has 0 saturated carbocycles. The average molecular weight is 352 g/mol. The van der Waals surface area contributed by atoms with E-state index in [4.69, 9.17) is 4.98 Å². The monoisotopic (exact) mass is 351 g/mol. The molecule has 2 aliphatic rings. The second kappa shape index (κ2) is 5.28. The Hall–Kier alpha value is -0.650. The summed E-state index contributed by atoms with van der Waals surface area (Å²) >= 11 is 5.37. The van der Waals surface area contributed by atoms with Crippen molar-refractivity contribution >= 4 is 42.6 Å². The highest BCUT2D eigenvalue weighted by Crippen LogP contribution is 2.33. The van der Waals surface area contributed by atoms with E-state index >= 15 is 0 Å². The first kappa shape index (κ1) is 13.0. The molecule has 0 aliphatic carbocycles. The van der Waals surface area contributed by atoms with Gasteiger partial charge in [0.15, 0.2) is 5.13 Å². The first-order valence-electron chi connectivity index (χ1n) is 7.35. The summed E-state index contributed by atoms with van der Waals surface area (Å²) in [5.41, 5.74) is 1.12. The molecule has 0 bridgehead atoms. The van der Waals surface area contributed by atoms with Crippen LogP contribution in [0.2, 0.25) is 0 Å². The van der Waals surface area contributed by atoms with E-state index in [1.807, 2.05) is 11.3 Å². The molecule has 3 heterocycles. The van der Waals surface area contributed by atoms with Crippen molar-refractivity contribution in [2.75, 3.05) is 31.1 Å². The number of halogens is 1. The van der Waals surface area contributed by atoms with Crippen molar-refractivity contribution in [3.8, 4) is 0 Å². The van der Waals surface area contributed by atoms with Crippen LogP contribution in [0.4, 0.5) is 5.13 Å². The molecule has 0 spiro atoms. The van der Waals surface area contributed by atoms with Crippen LogP contribution in [0.5, 0.6) is 0 Å². The van der Waals surface area contributed by atoms with E-state index < -0.39 is 0 Å². The van der Waals surface area contributed by atoms with Crippen molar-refractivity contribution in [3.05, 3.63) is 22.7 Å². The summed E-state index contributed by atoms with van der Waals surface area (Å²) in [6, 6.07) is 7.10. The maximum Gasteiger partial charge on any atom is 0.186 e. The minimum atomic E-state index is 0.747. The summed E-state index contributed by atoms with van der Waals surface area (Å²) in [5, 5.41) is 1.20. The quantitative estimate of drug-likeness (QED) is 0.821. The molecule has 1 aromatic heterocycles. The van der Waals surface area contributed by atoms with Gasteiger partial charge in [-0.25, -0.2) is 4.98 Å². The number of likely N-dealkylation sites (tertiary alicyclic amines) is 1. The summed E-state index contributed by atoms with van der Waals surface area (Å²) in [4.78, 5) is 9.95. The number of fused-ring (bicyclic) bond motifs is 1. The summed E-state index contributed by atoms with van der Waals surface area (Å²) in [6.45, 7) is 4.91. The lowest BCUT2D eigenvalue weighted by Crippen LogP contribution is -2.53. The first-order chi connectivity index (χ1) is 9.79. The van der Waals surface area contributed by atoms with Gasteiger partial charge in [-0.05, 0) is 50.6 Å². The van der Waals surface area contributed by atoms with E-state index in [0.717, 1.165) is 29.1 Å². The number of anilines is 1. The van der Waals surface area contributed by atoms with Gasteiger partial charge in [0.1, 0.15) is 0 Å². The van der Waals surface area contributed by atoms with Crippen molar-refractivity contribution in [1.82, 2.24) is 9.88 Å². The molecular weight excluding hydrogens is 334 g/mol. The van der Waals surface area contributed by atoms with E-state index in [0.29, 0.717) is 0 Å². The molecule has 2 aromatic rings. The van der Waals surface area contributed by atoms with Gasteiger partial charge >= 0.3 is 0 Å². The van der Waals surface area contributed by atoms with E-state index in [2.05, 4.69) is 43.9 Å². The van der Waals surface area contributed by atoms with Gasteiger partial charge in [-0.1, -0.05) is 27.3 Å². The normalized spacial score (nSPS) is 24.1. The van der Waals surface area contributed by atoms with Crippen LogP contribution in [-0.4, -0.2) is 42.1 Å². The van der Waals surface area contributed by atoms with E-state index in [1.54, 1.807) is 0 Å². The third kappa shape index (κ3) is 2.36. The number of rotatable bonds is 2. The molecule has 2 fully saturated rings. The molecule has 2 aliphatic heterocycles. The van der Waals surface area contributed by atoms with E-state index in [-0.39, 0.29) is 0 Å². The summed E-state index contributed by atoms with van der Waals surface area (Å²) in [7, 11) is 0. The third-order valence-electron chi connectivity index (χ3n) is 4.41. The Morgan fingerprint density at radius 2 is 2.10 bits per heavy atom. The molecule has 0 radical (unpaired) electrons. The maximum atomic E-state index is 4.82. The zero-order chi connectivity index (χ0) is 13.5. The number of hydrogen-bond donors (Lipinski definition) is 0. The summed E-state index contributed by atoms with van der Waals surface area (Å²) in [6.07, 6.45) is 4.03. The van der Waals surface area contributed by atoms with Gasteiger partial charge in [0.05, 0.1) is 10.2 Å². The number of nitrogens with zero attached hydrogens (tertiary/aromatic N) is 3. The van der Waals surface area contributed by atoms with Crippen molar-refractivity contribution in [1.29, 1.82) is 0 Å². The number of benzene rings is 1. The van der Waals surface area contributed by atoms with Gasteiger partial charge < -0.3 is 4.90 Å².